The molecule has 0 unspecified atom stereocenters. The van der Waals surface area contributed by atoms with Crippen molar-refractivity contribution in [3.8, 4) is 0 Å². The molecule has 0 saturated heterocycles. The fourth-order valence-corrected chi connectivity index (χ4v) is 8.08. The smallest absolute Gasteiger partial charge is 0.302 e. The lowest BCUT2D eigenvalue weighted by molar-refractivity contribution is -0.159. The van der Waals surface area contributed by atoms with Gasteiger partial charge in [0.15, 0.2) is 5.78 Å². The van der Waals surface area contributed by atoms with Gasteiger partial charge in [-0.05, 0) is 68.9 Å². The van der Waals surface area contributed by atoms with Gasteiger partial charge >= 0.3 is 11.9 Å². The van der Waals surface area contributed by atoms with Crippen molar-refractivity contribution in [1.29, 1.82) is 0 Å². The molecule has 0 spiro atoms. The third-order valence-electron chi connectivity index (χ3n) is 9.50. The van der Waals surface area contributed by atoms with E-state index in [1.807, 2.05) is 6.08 Å². The second-order valence-corrected chi connectivity index (χ2v) is 11.1. The summed E-state index contributed by atoms with van der Waals surface area (Å²) in [5, 5.41) is 0. The maximum atomic E-state index is 12.3. The highest BCUT2D eigenvalue weighted by Gasteiger charge is 2.64. The highest BCUT2D eigenvalue weighted by atomic mass is 16.6. The molecule has 0 bridgehead atoms. The Morgan fingerprint density at radius 3 is 2.52 bits per heavy atom. The van der Waals surface area contributed by atoms with Crippen LogP contribution in [0.3, 0.4) is 0 Å². The van der Waals surface area contributed by atoms with E-state index in [-0.39, 0.29) is 52.6 Å². The third kappa shape index (κ3) is 3.88. The summed E-state index contributed by atoms with van der Waals surface area (Å²) in [4.78, 5) is 36.2. The zero-order valence-corrected chi connectivity index (χ0v) is 20.8. The maximum Gasteiger partial charge on any atom is 0.302 e. The second-order valence-electron chi connectivity index (χ2n) is 11.1. The lowest BCUT2D eigenvalue weighted by Crippen LogP contribution is -2.54. The Morgan fingerprint density at radius 2 is 1.88 bits per heavy atom. The van der Waals surface area contributed by atoms with Crippen LogP contribution in [-0.4, -0.2) is 43.6 Å². The molecule has 6 heteroatoms. The minimum Gasteiger partial charge on any atom is -0.462 e. The Balaban J connectivity index is 1.76. The topological polar surface area (TPSA) is 78.9 Å². The van der Waals surface area contributed by atoms with Crippen LogP contribution in [0.25, 0.3) is 0 Å². The monoisotopic (exact) mass is 458 g/mol. The predicted molar refractivity (Wildman–Crippen MR) is 123 cm³/mol. The summed E-state index contributed by atoms with van der Waals surface area (Å²) in [6.07, 6.45) is 7.63. The fraction of sp³-hybridized carbons (Fsp3) is 0.741. The van der Waals surface area contributed by atoms with E-state index in [1.165, 1.54) is 19.4 Å². The lowest BCUT2D eigenvalue weighted by Gasteiger charge is -2.58. The molecule has 8 atom stereocenters. The largest absolute Gasteiger partial charge is 0.462 e. The first-order valence-electron chi connectivity index (χ1n) is 12.3. The zero-order valence-electron chi connectivity index (χ0n) is 20.8. The molecule has 0 aromatic rings. The molecule has 4 aliphatic carbocycles. The summed E-state index contributed by atoms with van der Waals surface area (Å²) < 4.78 is 17.2. The Kier molecular flexibility index (Phi) is 6.36. The highest BCUT2D eigenvalue weighted by molar-refractivity contribution is 6.02. The Morgan fingerprint density at radius 1 is 1.15 bits per heavy atom. The van der Waals surface area contributed by atoms with Crippen molar-refractivity contribution in [2.75, 3.05) is 13.7 Å². The van der Waals surface area contributed by atoms with E-state index in [2.05, 4.69) is 20.8 Å². The molecule has 3 saturated carbocycles. The van der Waals surface area contributed by atoms with Crippen LogP contribution in [0.15, 0.2) is 23.3 Å². The maximum absolute atomic E-state index is 12.3. The number of rotatable bonds is 5. The summed E-state index contributed by atoms with van der Waals surface area (Å²) in [7, 11) is 1.63. The van der Waals surface area contributed by atoms with Gasteiger partial charge < -0.3 is 14.2 Å². The van der Waals surface area contributed by atoms with Crippen LogP contribution in [0.2, 0.25) is 0 Å². The number of ketones is 1. The number of allylic oxidation sites excluding steroid dienone is 4. The lowest BCUT2D eigenvalue weighted by atomic mass is 9.46. The van der Waals surface area contributed by atoms with Gasteiger partial charge in [0.2, 0.25) is 0 Å². The number of ether oxygens (including phenoxy) is 3. The van der Waals surface area contributed by atoms with Crippen molar-refractivity contribution in [1.82, 2.24) is 0 Å². The molecule has 0 aliphatic heterocycles. The Hall–Kier alpha value is -1.95. The van der Waals surface area contributed by atoms with Crippen molar-refractivity contribution < 1.29 is 28.6 Å². The van der Waals surface area contributed by atoms with E-state index in [0.717, 1.165) is 31.3 Å². The average Bonchev–Trinajstić information content (AvgIpc) is 3.00. The van der Waals surface area contributed by atoms with Gasteiger partial charge in [-0.25, -0.2) is 0 Å². The summed E-state index contributed by atoms with van der Waals surface area (Å²) in [6, 6.07) is 0. The van der Waals surface area contributed by atoms with Crippen molar-refractivity contribution in [3.05, 3.63) is 23.3 Å². The van der Waals surface area contributed by atoms with Crippen LogP contribution in [0, 0.1) is 34.5 Å². The van der Waals surface area contributed by atoms with Crippen LogP contribution >= 0.6 is 0 Å². The van der Waals surface area contributed by atoms with E-state index in [4.69, 9.17) is 14.2 Å². The SMILES string of the molecule is COC[C@H](OC(C)=O)[C@@H]1C[C@H](OC(C)=O)[C@@]2(C)CC[C@H]3[C@@H](CCC4=CC(=O)C=C(C)[C@@]43C)[C@H]12. The molecule has 0 aromatic carbocycles. The minimum atomic E-state index is -0.370. The van der Waals surface area contributed by atoms with E-state index in [9.17, 15) is 14.4 Å². The van der Waals surface area contributed by atoms with Gasteiger partial charge in [-0.2, -0.15) is 0 Å². The first kappa shape index (κ1) is 24.2. The first-order chi connectivity index (χ1) is 15.5. The van der Waals surface area contributed by atoms with Crippen molar-refractivity contribution >= 4 is 17.7 Å². The molecule has 33 heavy (non-hydrogen) atoms. The zero-order chi connectivity index (χ0) is 24.1. The van der Waals surface area contributed by atoms with Gasteiger partial charge in [0.1, 0.15) is 12.2 Å². The van der Waals surface area contributed by atoms with Crippen molar-refractivity contribution in [2.24, 2.45) is 34.5 Å². The quantitative estimate of drug-likeness (QED) is 0.568. The molecule has 4 rings (SSSR count). The molecule has 0 radical (unpaired) electrons. The molecule has 0 aromatic heterocycles. The molecular formula is C27H38O6. The van der Waals surface area contributed by atoms with E-state index in [1.54, 1.807) is 13.2 Å². The predicted octanol–water partition coefficient (Wildman–Crippen LogP) is 4.42. The molecule has 3 fully saturated rings. The summed E-state index contributed by atoms with van der Waals surface area (Å²) in [6.45, 7) is 9.92. The van der Waals surface area contributed by atoms with Gasteiger partial charge in [0.25, 0.3) is 0 Å². The van der Waals surface area contributed by atoms with Crippen molar-refractivity contribution in [3.63, 3.8) is 0 Å². The number of hydrogen-bond donors (Lipinski definition) is 0. The average molecular weight is 459 g/mol. The van der Waals surface area contributed by atoms with Gasteiger partial charge in [-0.1, -0.05) is 25.0 Å². The molecular weight excluding hydrogens is 420 g/mol. The molecule has 0 amide bonds. The number of fused-ring (bicyclic) bond motifs is 5. The molecule has 0 heterocycles. The third-order valence-corrected chi connectivity index (χ3v) is 9.50. The van der Waals surface area contributed by atoms with Crippen LogP contribution < -0.4 is 0 Å². The number of esters is 2. The second kappa shape index (κ2) is 8.68. The number of hydrogen-bond acceptors (Lipinski definition) is 6. The molecule has 0 N–H and O–H groups in total. The summed E-state index contributed by atoms with van der Waals surface area (Å²) >= 11 is 0. The van der Waals surface area contributed by atoms with Crippen LogP contribution in [-0.2, 0) is 28.6 Å². The normalized spacial score (nSPS) is 40.5. The number of carbonyl (C=O) groups excluding carboxylic acids is 3. The highest BCUT2D eigenvalue weighted by Crippen LogP contribution is 2.67. The first-order valence-corrected chi connectivity index (χ1v) is 12.3. The number of methoxy groups -OCH3 is 1. The minimum absolute atomic E-state index is 0.0552. The van der Waals surface area contributed by atoms with E-state index in [0.29, 0.717) is 24.9 Å². The summed E-state index contributed by atoms with van der Waals surface area (Å²) in [5.41, 5.74) is 2.11. The Bertz CT molecular complexity index is 902. The number of carbonyl (C=O) groups is 3. The standard InChI is InChI=1S/C27H38O6/c1-15-11-19(30)12-18-7-8-20-22(27(15,18)5)9-10-26(4)24(33-17(3)29)13-21(25(20)26)23(14-31-6)32-16(2)28/h11-12,20-25H,7-10,13-14H2,1-6H3/t20-,21+,22+,23+,24+,25-,26-,27+/m1/s1. The van der Waals surface area contributed by atoms with E-state index < -0.39 is 0 Å². The molecule has 4 aliphatic rings. The van der Waals surface area contributed by atoms with Gasteiger partial charge in [-0.15, -0.1) is 0 Å². The fourth-order valence-electron chi connectivity index (χ4n) is 8.08. The van der Waals surface area contributed by atoms with E-state index >= 15 is 0 Å². The summed E-state index contributed by atoms with van der Waals surface area (Å²) in [5.74, 6) is 0.615. The Labute approximate surface area is 197 Å². The van der Waals surface area contributed by atoms with Crippen LogP contribution in [0.1, 0.15) is 66.7 Å². The van der Waals surface area contributed by atoms with Crippen molar-refractivity contribution in [2.45, 2.75) is 78.9 Å². The molecule has 182 valence electrons. The van der Waals surface area contributed by atoms with Gasteiger partial charge in [0.05, 0.1) is 6.61 Å². The van der Waals surface area contributed by atoms with Gasteiger partial charge in [-0.3, -0.25) is 14.4 Å². The molecule has 6 nitrogen and oxygen atoms in total. The van der Waals surface area contributed by atoms with Crippen LogP contribution in [0.5, 0.6) is 0 Å². The van der Waals surface area contributed by atoms with Crippen LogP contribution in [0.4, 0.5) is 0 Å². The van der Waals surface area contributed by atoms with Gasteiger partial charge in [0, 0.05) is 37.7 Å².